The number of nitrogens with one attached hydrogen (secondary N) is 2. The molecule has 1 aromatic rings. The van der Waals surface area contributed by atoms with Crippen molar-refractivity contribution in [3.8, 4) is 0 Å². The van der Waals surface area contributed by atoms with E-state index in [0.717, 1.165) is 0 Å². The van der Waals surface area contributed by atoms with E-state index in [2.05, 4.69) is 10.6 Å². The van der Waals surface area contributed by atoms with Gasteiger partial charge in [0, 0.05) is 0 Å². The minimum Gasteiger partial charge on any atom is -0.366 e. The van der Waals surface area contributed by atoms with Crippen molar-refractivity contribution in [1.82, 2.24) is 5.32 Å². The quantitative estimate of drug-likeness (QED) is 0.584. The third-order valence-electron chi connectivity index (χ3n) is 2.63. The summed E-state index contributed by atoms with van der Waals surface area (Å²) in [6, 6.07) is 0.862. The molecule has 1 aromatic heterocycles. The average Bonchev–Trinajstić information content (AvgIpc) is 2.83. The van der Waals surface area contributed by atoms with Gasteiger partial charge >= 0.3 is 0 Å². The second-order valence-corrected chi connectivity index (χ2v) is 5.48. The van der Waals surface area contributed by atoms with Crippen LogP contribution in [0, 0.1) is 5.92 Å². The lowest BCUT2D eigenvalue weighted by atomic mass is 10.1. The summed E-state index contributed by atoms with van der Waals surface area (Å²) in [5, 5.41) is 6.96. The first kappa shape index (κ1) is 16.1. The highest BCUT2D eigenvalue weighted by Gasteiger charge is 2.18. The zero-order valence-corrected chi connectivity index (χ0v) is 12.1. The molecule has 0 aliphatic heterocycles. The van der Waals surface area contributed by atoms with Gasteiger partial charge in [0.1, 0.15) is 5.00 Å². The molecule has 0 aliphatic rings. The molecule has 6 N–H and O–H groups in total. The van der Waals surface area contributed by atoms with Crippen molar-refractivity contribution in [2.45, 2.75) is 19.9 Å². The molecule has 0 saturated carbocycles. The van der Waals surface area contributed by atoms with Gasteiger partial charge in [0.25, 0.3) is 5.91 Å². The van der Waals surface area contributed by atoms with Crippen LogP contribution in [0.4, 0.5) is 5.00 Å². The maximum atomic E-state index is 11.7. The molecule has 110 valence electrons. The number of carbonyl (C=O) groups is 3. The first-order chi connectivity index (χ1) is 9.32. The van der Waals surface area contributed by atoms with Crippen LogP contribution in [0.2, 0.25) is 0 Å². The highest BCUT2D eigenvalue weighted by Crippen LogP contribution is 2.22. The molecule has 0 bridgehead atoms. The Balaban J connectivity index is 2.50. The maximum absolute atomic E-state index is 11.7. The standard InChI is InChI=1S/C12H18N4O3S/c1-6(2)9(13)11(19)15-5-8(17)16-12-7(10(14)18)3-4-20-12/h3-4,6,9H,5,13H2,1-2H3,(H2,14,18)(H,15,19)(H,16,17)/t9-/m0/s1. The van der Waals surface area contributed by atoms with Gasteiger partial charge in [0.15, 0.2) is 0 Å². The van der Waals surface area contributed by atoms with E-state index < -0.39 is 23.8 Å². The summed E-state index contributed by atoms with van der Waals surface area (Å²) in [4.78, 5) is 34.3. The predicted octanol–water partition coefficient (Wildman–Crippen LogP) is -0.115. The first-order valence-corrected chi connectivity index (χ1v) is 6.91. The number of nitrogens with two attached hydrogens (primary N) is 2. The number of thiophene rings is 1. The fourth-order valence-electron chi connectivity index (χ4n) is 1.36. The van der Waals surface area contributed by atoms with E-state index >= 15 is 0 Å². The second-order valence-electron chi connectivity index (χ2n) is 4.56. The molecule has 0 spiro atoms. The van der Waals surface area contributed by atoms with Gasteiger partial charge in [-0.25, -0.2) is 0 Å². The van der Waals surface area contributed by atoms with Crippen LogP contribution >= 0.6 is 11.3 Å². The van der Waals surface area contributed by atoms with Crippen molar-refractivity contribution in [1.29, 1.82) is 0 Å². The van der Waals surface area contributed by atoms with E-state index in [1.54, 1.807) is 5.38 Å². The minimum absolute atomic E-state index is 0.0168. The van der Waals surface area contributed by atoms with Crippen LogP contribution in [-0.2, 0) is 9.59 Å². The van der Waals surface area contributed by atoms with E-state index in [9.17, 15) is 14.4 Å². The Morgan fingerprint density at radius 2 is 2.00 bits per heavy atom. The molecule has 0 radical (unpaired) electrons. The number of primary amides is 1. The highest BCUT2D eigenvalue weighted by atomic mass is 32.1. The Morgan fingerprint density at radius 3 is 2.55 bits per heavy atom. The van der Waals surface area contributed by atoms with E-state index in [-0.39, 0.29) is 18.0 Å². The van der Waals surface area contributed by atoms with Gasteiger partial charge in [-0.15, -0.1) is 11.3 Å². The summed E-state index contributed by atoms with van der Waals surface area (Å²) in [7, 11) is 0. The number of hydrogen-bond donors (Lipinski definition) is 4. The number of hydrogen-bond acceptors (Lipinski definition) is 5. The van der Waals surface area contributed by atoms with Gasteiger partial charge in [-0.3, -0.25) is 14.4 Å². The minimum atomic E-state index is -0.661. The molecule has 1 rings (SSSR count). The fourth-order valence-corrected chi connectivity index (χ4v) is 2.17. The maximum Gasteiger partial charge on any atom is 0.251 e. The first-order valence-electron chi connectivity index (χ1n) is 6.03. The van der Waals surface area contributed by atoms with Crippen molar-refractivity contribution < 1.29 is 14.4 Å². The van der Waals surface area contributed by atoms with Gasteiger partial charge in [-0.2, -0.15) is 0 Å². The molecule has 0 saturated heterocycles. The molecule has 3 amide bonds. The van der Waals surface area contributed by atoms with Crippen molar-refractivity contribution >= 4 is 34.1 Å². The lowest BCUT2D eigenvalue weighted by molar-refractivity contribution is -0.125. The fraction of sp³-hybridized carbons (Fsp3) is 0.417. The SMILES string of the molecule is CC(C)[C@H](N)C(=O)NCC(=O)Nc1sccc1C(N)=O. The largest absolute Gasteiger partial charge is 0.366 e. The van der Waals surface area contributed by atoms with Crippen molar-refractivity contribution in [3.63, 3.8) is 0 Å². The van der Waals surface area contributed by atoms with Gasteiger partial charge in [0.05, 0.1) is 18.2 Å². The molecule has 0 unspecified atom stereocenters. The molecule has 7 nitrogen and oxygen atoms in total. The molecule has 8 heteroatoms. The third-order valence-corrected chi connectivity index (χ3v) is 3.46. The van der Waals surface area contributed by atoms with Crippen LogP contribution in [-0.4, -0.2) is 30.3 Å². The summed E-state index contributed by atoms with van der Waals surface area (Å²) in [6.07, 6.45) is 0. The summed E-state index contributed by atoms with van der Waals surface area (Å²) >= 11 is 1.18. The van der Waals surface area contributed by atoms with Gasteiger partial charge < -0.3 is 22.1 Å². The number of carbonyl (C=O) groups excluding carboxylic acids is 3. The summed E-state index contributed by atoms with van der Waals surface area (Å²) in [6.45, 7) is 3.42. The van der Waals surface area contributed by atoms with Gasteiger partial charge in [-0.1, -0.05) is 13.8 Å². The highest BCUT2D eigenvalue weighted by molar-refractivity contribution is 7.14. The Bertz CT molecular complexity index is 513. The molecular weight excluding hydrogens is 280 g/mol. The molecule has 0 aliphatic carbocycles. The van der Waals surface area contributed by atoms with E-state index in [4.69, 9.17) is 11.5 Å². The molecule has 1 heterocycles. The van der Waals surface area contributed by atoms with E-state index in [0.29, 0.717) is 5.00 Å². The zero-order valence-electron chi connectivity index (χ0n) is 11.3. The predicted molar refractivity (Wildman–Crippen MR) is 77.3 cm³/mol. The third kappa shape index (κ3) is 4.32. The monoisotopic (exact) mass is 298 g/mol. The smallest absolute Gasteiger partial charge is 0.251 e. The van der Waals surface area contributed by atoms with Gasteiger partial charge in [0.2, 0.25) is 11.8 Å². The lowest BCUT2D eigenvalue weighted by Gasteiger charge is -2.15. The van der Waals surface area contributed by atoms with Crippen molar-refractivity contribution in [3.05, 3.63) is 17.0 Å². The van der Waals surface area contributed by atoms with Crippen LogP contribution in [0.15, 0.2) is 11.4 Å². The molecule has 1 atom stereocenters. The van der Waals surface area contributed by atoms with Crippen molar-refractivity contribution in [2.24, 2.45) is 17.4 Å². The van der Waals surface area contributed by atoms with Crippen LogP contribution in [0.25, 0.3) is 0 Å². The van der Waals surface area contributed by atoms with Crippen molar-refractivity contribution in [2.75, 3.05) is 11.9 Å². The number of rotatable bonds is 6. The van der Waals surface area contributed by atoms with Crippen LogP contribution < -0.4 is 22.1 Å². The Hall–Kier alpha value is -1.93. The molecule has 0 fully saturated rings. The summed E-state index contributed by atoms with van der Waals surface area (Å²) < 4.78 is 0. The topological polar surface area (TPSA) is 127 Å². The normalized spacial score (nSPS) is 12.0. The lowest BCUT2D eigenvalue weighted by Crippen LogP contribution is -2.46. The van der Waals surface area contributed by atoms with Crippen LogP contribution in [0.5, 0.6) is 0 Å². The number of amides is 3. The van der Waals surface area contributed by atoms with Crippen LogP contribution in [0.3, 0.4) is 0 Å². The van der Waals surface area contributed by atoms with E-state index in [1.165, 1.54) is 17.4 Å². The molecular formula is C12H18N4O3S. The summed E-state index contributed by atoms with van der Waals surface area (Å²) in [5.74, 6) is -1.47. The summed E-state index contributed by atoms with van der Waals surface area (Å²) in [5.41, 5.74) is 11.0. The Kier molecular flexibility index (Phi) is 5.66. The van der Waals surface area contributed by atoms with Crippen LogP contribution in [0.1, 0.15) is 24.2 Å². The molecule has 20 heavy (non-hydrogen) atoms. The average molecular weight is 298 g/mol. The van der Waals surface area contributed by atoms with Gasteiger partial charge in [-0.05, 0) is 17.4 Å². The Morgan fingerprint density at radius 1 is 1.35 bits per heavy atom. The Labute approximate surface area is 120 Å². The zero-order chi connectivity index (χ0) is 15.3. The molecule has 0 aromatic carbocycles. The van der Waals surface area contributed by atoms with E-state index in [1.807, 2.05) is 13.8 Å². The number of anilines is 1. The second kappa shape index (κ2) is 7.01.